The van der Waals surface area contributed by atoms with E-state index in [1.807, 2.05) is 18.2 Å². The first-order chi connectivity index (χ1) is 12.6. The minimum atomic E-state index is 0.256. The molecular weight excluding hydrogens is 322 g/mol. The molecule has 3 rings (SSSR count). The number of carbonyl (C=O) groups is 1. The van der Waals surface area contributed by atoms with Gasteiger partial charge in [-0.15, -0.1) is 0 Å². The van der Waals surface area contributed by atoms with Crippen LogP contribution in [0.4, 0.5) is 0 Å². The summed E-state index contributed by atoms with van der Waals surface area (Å²) in [7, 11) is 0. The fourth-order valence-electron chi connectivity index (χ4n) is 3.62. The van der Waals surface area contributed by atoms with Gasteiger partial charge < -0.3 is 9.64 Å². The van der Waals surface area contributed by atoms with Crippen LogP contribution in [0, 0.1) is 13.8 Å². The quantitative estimate of drug-likeness (QED) is 0.640. The van der Waals surface area contributed by atoms with Crippen molar-refractivity contribution >= 4 is 5.91 Å². The summed E-state index contributed by atoms with van der Waals surface area (Å²) in [6, 6.07) is 17.0. The van der Waals surface area contributed by atoms with E-state index < -0.39 is 0 Å². The number of hydrogen-bond acceptors (Lipinski definition) is 2. The Morgan fingerprint density at radius 2 is 1.88 bits per heavy atom. The number of rotatable bonds is 7. The van der Waals surface area contributed by atoms with Gasteiger partial charge in [-0.3, -0.25) is 4.79 Å². The highest BCUT2D eigenvalue weighted by Gasteiger charge is 2.29. The van der Waals surface area contributed by atoms with Gasteiger partial charge in [0.25, 0.3) is 0 Å². The van der Waals surface area contributed by atoms with Crippen molar-refractivity contribution in [1.29, 1.82) is 0 Å². The zero-order chi connectivity index (χ0) is 18.4. The number of aryl methyl sites for hydroxylation is 2. The Balaban J connectivity index is 1.43. The van der Waals surface area contributed by atoms with E-state index in [-0.39, 0.29) is 11.9 Å². The van der Waals surface area contributed by atoms with Crippen molar-refractivity contribution in [3.63, 3.8) is 0 Å². The maximum absolute atomic E-state index is 12.7. The van der Waals surface area contributed by atoms with Gasteiger partial charge in [-0.1, -0.05) is 42.0 Å². The molecule has 1 saturated heterocycles. The lowest BCUT2D eigenvalue weighted by atomic mass is 10.0. The number of unbranched alkanes of at least 4 members (excludes halogenated alkanes) is 1. The smallest absolute Gasteiger partial charge is 0.223 e. The predicted molar refractivity (Wildman–Crippen MR) is 105 cm³/mol. The van der Waals surface area contributed by atoms with Crippen LogP contribution in [0.2, 0.25) is 0 Å². The standard InChI is InChI=1S/C23H29NO2/c1-18-11-13-20(14-12-18)22-9-6-15-24(22)23(25)10-3-4-16-26-21-8-5-7-19(2)17-21/h5,7-8,11-14,17,22H,3-4,6,9-10,15-16H2,1-2H3. The molecule has 0 N–H and O–H groups in total. The SMILES string of the molecule is Cc1ccc(C2CCCN2C(=O)CCCCOc2cccc(C)c2)cc1. The average Bonchev–Trinajstić information content (AvgIpc) is 3.12. The number of benzene rings is 2. The Kier molecular flexibility index (Phi) is 6.32. The molecule has 0 saturated carbocycles. The van der Waals surface area contributed by atoms with Crippen LogP contribution in [0.3, 0.4) is 0 Å². The lowest BCUT2D eigenvalue weighted by Crippen LogP contribution is -2.30. The Labute approximate surface area is 157 Å². The third-order valence-electron chi connectivity index (χ3n) is 5.08. The van der Waals surface area contributed by atoms with Gasteiger partial charge in [0.1, 0.15) is 5.75 Å². The van der Waals surface area contributed by atoms with Crippen molar-refractivity contribution in [2.45, 2.75) is 52.0 Å². The van der Waals surface area contributed by atoms with E-state index in [0.717, 1.165) is 38.0 Å². The summed E-state index contributed by atoms with van der Waals surface area (Å²) in [5, 5.41) is 0. The number of nitrogens with zero attached hydrogens (tertiary/aromatic N) is 1. The summed E-state index contributed by atoms with van der Waals surface area (Å²) in [5.74, 6) is 1.19. The van der Waals surface area contributed by atoms with Gasteiger partial charge in [0, 0.05) is 13.0 Å². The summed E-state index contributed by atoms with van der Waals surface area (Å²) in [5.41, 5.74) is 3.73. The van der Waals surface area contributed by atoms with E-state index in [1.165, 1.54) is 16.7 Å². The highest BCUT2D eigenvalue weighted by atomic mass is 16.5. The molecule has 3 nitrogen and oxygen atoms in total. The van der Waals surface area contributed by atoms with Gasteiger partial charge in [-0.25, -0.2) is 0 Å². The second-order valence-electron chi connectivity index (χ2n) is 7.28. The van der Waals surface area contributed by atoms with E-state index in [0.29, 0.717) is 13.0 Å². The van der Waals surface area contributed by atoms with Gasteiger partial charge in [0.2, 0.25) is 5.91 Å². The summed E-state index contributed by atoms with van der Waals surface area (Å²) in [6.07, 6.45) is 4.57. The highest BCUT2D eigenvalue weighted by molar-refractivity contribution is 5.77. The van der Waals surface area contributed by atoms with Gasteiger partial charge in [0.05, 0.1) is 12.6 Å². The monoisotopic (exact) mass is 351 g/mol. The molecule has 1 heterocycles. The molecule has 1 amide bonds. The topological polar surface area (TPSA) is 29.5 Å². The maximum Gasteiger partial charge on any atom is 0.223 e. The van der Waals surface area contributed by atoms with Crippen molar-refractivity contribution in [3.8, 4) is 5.75 Å². The molecule has 138 valence electrons. The molecule has 1 aliphatic heterocycles. The number of carbonyl (C=O) groups excluding carboxylic acids is 1. The normalized spacial score (nSPS) is 16.7. The first-order valence-electron chi connectivity index (χ1n) is 9.69. The van der Waals surface area contributed by atoms with Crippen molar-refractivity contribution < 1.29 is 9.53 Å². The van der Waals surface area contributed by atoms with E-state index in [2.05, 4.69) is 49.1 Å². The third kappa shape index (κ3) is 4.87. The third-order valence-corrected chi connectivity index (χ3v) is 5.08. The summed E-state index contributed by atoms with van der Waals surface area (Å²) < 4.78 is 5.77. The van der Waals surface area contributed by atoms with Crippen LogP contribution in [-0.4, -0.2) is 24.0 Å². The van der Waals surface area contributed by atoms with E-state index in [9.17, 15) is 4.79 Å². The molecule has 1 atom stereocenters. The minimum Gasteiger partial charge on any atom is -0.494 e. The molecule has 1 aliphatic rings. The lowest BCUT2D eigenvalue weighted by molar-refractivity contribution is -0.132. The number of likely N-dealkylation sites (tertiary alicyclic amines) is 1. The Hall–Kier alpha value is -2.29. The molecule has 0 spiro atoms. The van der Waals surface area contributed by atoms with E-state index >= 15 is 0 Å². The van der Waals surface area contributed by atoms with Gasteiger partial charge in [-0.05, 0) is 62.8 Å². The molecule has 2 aromatic carbocycles. The van der Waals surface area contributed by atoms with E-state index in [1.54, 1.807) is 0 Å². The van der Waals surface area contributed by atoms with Gasteiger partial charge in [-0.2, -0.15) is 0 Å². The van der Waals surface area contributed by atoms with E-state index in [4.69, 9.17) is 4.74 Å². The largest absolute Gasteiger partial charge is 0.494 e. The molecule has 26 heavy (non-hydrogen) atoms. The lowest BCUT2D eigenvalue weighted by Gasteiger charge is -2.25. The minimum absolute atomic E-state index is 0.256. The highest BCUT2D eigenvalue weighted by Crippen LogP contribution is 2.32. The Morgan fingerprint density at radius 3 is 2.65 bits per heavy atom. The molecule has 1 unspecified atom stereocenters. The molecule has 3 heteroatoms. The van der Waals surface area contributed by atoms with Crippen molar-refractivity contribution in [2.75, 3.05) is 13.2 Å². The van der Waals surface area contributed by atoms with Gasteiger partial charge >= 0.3 is 0 Å². The summed E-state index contributed by atoms with van der Waals surface area (Å²) in [4.78, 5) is 14.7. The zero-order valence-corrected chi connectivity index (χ0v) is 15.9. The van der Waals surface area contributed by atoms with Crippen molar-refractivity contribution in [3.05, 3.63) is 65.2 Å². The number of ether oxygens (including phenoxy) is 1. The molecule has 0 bridgehead atoms. The first kappa shape index (κ1) is 18.5. The molecular formula is C23H29NO2. The molecule has 0 aliphatic carbocycles. The Morgan fingerprint density at radius 1 is 1.08 bits per heavy atom. The second-order valence-corrected chi connectivity index (χ2v) is 7.28. The molecule has 2 aromatic rings. The van der Waals surface area contributed by atoms with Crippen LogP contribution >= 0.6 is 0 Å². The predicted octanol–water partition coefficient (Wildman–Crippen LogP) is 5.22. The summed E-state index contributed by atoms with van der Waals surface area (Å²) in [6.45, 7) is 5.71. The maximum atomic E-state index is 12.7. The van der Waals surface area contributed by atoms with Crippen molar-refractivity contribution in [1.82, 2.24) is 4.90 Å². The van der Waals surface area contributed by atoms with Crippen LogP contribution < -0.4 is 4.74 Å². The zero-order valence-electron chi connectivity index (χ0n) is 15.9. The van der Waals surface area contributed by atoms with Crippen LogP contribution in [-0.2, 0) is 4.79 Å². The molecule has 1 fully saturated rings. The van der Waals surface area contributed by atoms with Gasteiger partial charge in [0.15, 0.2) is 0 Å². The fourth-order valence-corrected chi connectivity index (χ4v) is 3.62. The fraction of sp³-hybridized carbons (Fsp3) is 0.435. The molecule has 0 radical (unpaired) electrons. The average molecular weight is 351 g/mol. The summed E-state index contributed by atoms with van der Waals surface area (Å²) >= 11 is 0. The first-order valence-corrected chi connectivity index (χ1v) is 9.69. The van der Waals surface area contributed by atoms with Crippen LogP contribution in [0.1, 0.15) is 54.8 Å². The van der Waals surface area contributed by atoms with Crippen molar-refractivity contribution in [2.24, 2.45) is 0 Å². The second kappa shape index (κ2) is 8.88. The Bertz CT molecular complexity index is 723. The van der Waals surface area contributed by atoms with Crippen LogP contribution in [0.5, 0.6) is 5.75 Å². The number of hydrogen-bond donors (Lipinski definition) is 0. The molecule has 0 aromatic heterocycles. The number of amides is 1. The van der Waals surface area contributed by atoms with Crippen LogP contribution in [0.25, 0.3) is 0 Å². The van der Waals surface area contributed by atoms with Crippen LogP contribution in [0.15, 0.2) is 48.5 Å².